The molecule has 0 bridgehead atoms. The van der Waals surface area contributed by atoms with Crippen LogP contribution in [0.2, 0.25) is 0 Å². The first-order valence-corrected chi connectivity index (χ1v) is 15.1. The fraction of sp³-hybridized carbons (Fsp3) is 0.310. The Bertz CT molecular complexity index is 1860. The molecule has 224 valence electrons. The van der Waals surface area contributed by atoms with E-state index in [0.717, 1.165) is 18.3 Å². The van der Waals surface area contributed by atoms with E-state index < -0.39 is 44.5 Å². The van der Waals surface area contributed by atoms with E-state index >= 15 is 0 Å². The Morgan fingerprint density at radius 2 is 1.95 bits per heavy atom. The fourth-order valence-electron chi connectivity index (χ4n) is 6.02. The normalized spacial score (nSPS) is 21.6. The number of aryl methyl sites for hydroxylation is 1. The number of benzene rings is 1. The molecule has 6 rings (SSSR count). The number of carbonyl (C=O) groups is 1. The number of carbonyl (C=O) groups excluding carboxylic acids is 1. The van der Waals surface area contributed by atoms with Crippen molar-refractivity contribution in [2.75, 3.05) is 7.05 Å². The van der Waals surface area contributed by atoms with Gasteiger partial charge in [-0.15, -0.1) is 5.10 Å². The van der Waals surface area contributed by atoms with Gasteiger partial charge in [-0.2, -0.15) is 18.3 Å². The van der Waals surface area contributed by atoms with E-state index in [0.29, 0.717) is 35.4 Å². The van der Waals surface area contributed by atoms with Crippen molar-refractivity contribution in [2.45, 2.75) is 42.9 Å². The highest BCUT2D eigenvalue weighted by Crippen LogP contribution is 2.51. The Morgan fingerprint density at radius 3 is 2.63 bits per heavy atom. The van der Waals surface area contributed by atoms with Gasteiger partial charge < -0.3 is 0 Å². The molecular weight excluding hydrogens is 586 g/mol. The minimum Gasteiger partial charge on any atom is -0.291 e. The number of Topliss-reactive ketones (excluding diaryl/α,β-unsaturated/α-hetero) is 1. The van der Waals surface area contributed by atoms with E-state index in [2.05, 4.69) is 26.3 Å². The lowest BCUT2D eigenvalue weighted by Crippen LogP contribution is -2.49. The summed E-state index contributed by atoms with van der Waals surface area (Å²) >= 11 is 0. The number of halogens is 4. The summed E-state index contributed by atoms with van der Waals surface area (Å²) in [6, 6.07) is 6.99. The zero-order valence-electron chi connectivity index (χ0n) is 23.3. The van der Waals surface area contributed by atoms with E-state index in [1.165, 1.54) is 23.0 Å². The number of aromatic nitrogens is 6. The van der Waals surface area contributed by atoms with Crippen molar-refractivity contribution in [2.24, 2.45) is 12.5 Å². The molecule has 0 aliphatic heterocycles. The molecule has 2 aliphatic rings. The summed E-state index contributed by atoms with van der Waals surface area (Å²) in [6.45, 7) is 0. The van der Waals surface area contributed by atoms with Crippen molar-refractivity contribution in [3.05, 3.63) is 88.9 Å². The summed E-state index contributed by atoms with van der Waals surface area (Å²) in [5.74, 6) is 2.98. The molecule has 3 aromatic heterocycles. The van der Waals surface area contributed by atoms with Crippen LogP contribution in [0.1, 0.15) is 46.6 Å². The number of ketones is 1. The maximum Gasteiger partial charge on any atom is 0.416 e. The molecule has 2 aliphatic carbocycles. The topological polar surface area (TPSA) is 98.8 Å². The summed E-state index contributed by atoms with van der Waals surface area (Å²) in [6.07, 6.45) is 2.49. The van der Waals surface area contributed by atoms with E-state index in [1.807, 2.05) is 6.08 Å². The van der Waals surface area contributed by atoms with Crippen molar-refractivity contribution in [1.29, 1.82) is 0 Å². The third kappa shape index (κ3) is 4.97. The minimum absolute atomic E-state index is 0.139. The molecule has 0 N–H and O–H groups in total. The first kappa shape index (κ1) is 28.9. The monoisotopic (exact) mass is 613 g/mol. The SMILES string of the molecule is C=S(=O)(c1cn(C)nn1)N(C)[C@H]1CCC2=Cc3c(cnn3-c3ccc(F)cc3)C[C@]2(C(=O)c2cc(C(F)(F)F)ccn2)C1. The van der Waals surface area contributed by atoms with Crippen LogP contribution in [0.5, 0.6) is 0 Å². The third-order valence-corrected chi connectivity index (χ3v) is 10.4. The van der Waals surface area contributed by atoms with Gasteiger partial charge in [0.15, 0.2) is 10.8 Å². The maximum atomic E-state index is 14.4. The van der Waals surface area contributed by atoms with Gasteiger partial charge in [0.05, 0.1) is 44.5 Å². The highest BCUT2D eigenvalue weighted by atomic mass is 32.2. The third-order valence-electron chi connectivity index (χ3n) is 8.35. The number of allylic oxidation sites excluding steroid dienone is 1. The molecule has 4 aromatic rings. The standard InChI is InChI=1S/C29H27F4N7O2S/c1-38-17-26(36-37-38)43(3,42)39(2)23-7-4-19-13-25-18(16-35-40(25)22-8-5-21(30)6-9-22)14-28(19,15-23)27(41)24-12-20(10-11-34-24)29(31,32)33/h5-6,8-13,16-17,23H,3-4,7,14-15H2,1-2H3/t23-,28-,43?/m0/s1. The number of hydrogen-bond acceptors (Lipinski definition) is 6. The van der Waals surface area contributed by atoms with Gasteiger partial charge in [-0.1, -0.05) is 10.8 Å². The summed E-state index contributed by atoms with van der Waals surface area (Å²) in [4.78, 5) is 18.4. The van der Waals surface area contributed by atoms with Crippen LogP contribution in [-0.2, 0) is 29.4 Å². The van der Waals surface area contributed by atoms with Crippen molar-refractivity contribution < 1.29 is 26.6 Å². The smallest absolute Gasteiger partial charge is 0.291 e. The second-order valence-electron chi connectivity index (χ2n) is 10.9. The van der Waals surface area contributed by atoms with E-state index in [-0.39, 0.29) is 23.6 Å². The number of alkyl halides is 3. The molecule has 1 fully saturated rings. The number of nitrogens with zero attached hydrogens (tertiary/aromatic N) is 7. The van der Waals surface area contributed by atoms with Crippen LogP contribution >= 0.6 is 0 Å². The first-order valence-electron chi connectivity index (χ1n) is 13.4. The molecule has 0 radical (unpaired) electrons. The summed E-state index contributed by atoms with van der Waals surface area (Å²) in [5, 5.41) is 12.5. The lowest BCUT2D eigenvalue weighted by atomic mass is 9.60. The van der Waals surface area contributed by atoms with E-state index in [4.69, 9.17) is 0 Å². The Labute approximate surface area is 245 Å². The first-order chi connectivity index (χ1) is 20.3. The molecule has 43 heavy (non-hydrogen) atoms. The van der Waals surface area contributed by atoms with Crippen LogP contribution in [0.25, 0.3) is 11.8 Å². The van der Waals surface area contributed by atoms with Gasteiger partial charge in [-0.25, -0.2) is 17.6 Å². The second kappa shape index (κ2) is 10.2. The van der Waals surface area contributed by atoms with Crippen molar-refractivity contribution in [3.63, 3.8) is 0 Å². The van der Waals surface area contributed by atoms with Crippen LogP contribution in [0, 0.1) is 11.2 Å². The number of hydrogen-bond donors (Lipinski definition) is 0. The largest absolute Gasteiger partial charge is 0.416 e. The molecule has 1 unspecified atom stereocenters. The zero-order valence-corrected chi connectivity index (χ0v) is 24.1. The molecule has 3 atom stereocenters. The van der Waals surface area contributed by atoms with Gasteiger partial charge in [0.1, 0.15) is 11.5 Å². The van der Waals surface area contributed by atoms with Crippen LogP contribution in [0.4, 0.5) is 17.6 Å². The number of rotatable bonds is 6. The van der Waals surface area contributed by atoms with Gasteiger partial charge in [-0.05, 0) is 86.6 Å². The molecule has 9 nitrogen and oxygen atoms in total. The summed E-state index contributed by atoms with van der Waals surface area (Å²) in [7, 11) is 0.190. The molecule has 3 heterocycles. The quantitative estimate of drug-likeness (QED) is 0.180. The predicted octanol–water partition coefficient (Wildman–Crippen LogP) is 4.54. The van der Waals surface area contributed by atoms with E-state index in [9.17, 15) is 26.6 Å². The van der Waals surface area contributed by atoms with Crippen molar-refractivity contribution in [1.82, 2.24) is 34.1 Å². The molecule has 0 saturated heterocycles. The van der Waals surface area contributed by atoms with Crippen molar-refractivity contribution in [3.8, 4) is 5.69 Å². The Hall–Kier alpha value is -4.17. The lowest BCUT2D eigenvalue weighted by molar-refractivity contribution is -0.137. The minimum atomic E-state index is -4.66. The van der Waals surface area contributed by atoms with Crippen LogP contribution in [-0.4, -0.2) is 63.0 Å². The van der Waals surface area contributed by atoms with Crippen molar-refractivity contribution >= 4 is 27.4 Å². The number of fused-ring (bicyclic) bond motifs is 2. The van der Waals surface area contributed by atoms with Crippen LogP contribution in [0.3, 0.4) is 0 Å². The Morgan fingerprint density at radius 1 is 1.21 bits per heavy atom. The Balaban J connectivity index is 1.44. The lowest BCUT2D eigenvalue weighted by Gasteiger charge is -2.46. The maximum absolute atomic E-state index is 14.4. The molecule has 0 amide bonds. The zero-order chi connectivity index (χ0) is 30.7. The van der Waals surface area contributed by atoms with Gasteiger partial charge in [-0.3, -0.25) is 14.5 Å². The van der Waals surface area contributed by atoms with Gasteiger partial charge in [0.2, 0.25) is 0 Å². The van der Waals surface area contributed by atoms with Gasteiger partial charge in [0.25, 0.3) is 0 Å². The second-order valence-corrected chi connectivity index (χ2v) is 13.2. The molecular formula is C29H27F4N7O2S. The van der Waals surface area contributed by atoms with Gasteiger partial charge in [0, 0.05) is 19.3 Å². The molecule has 0 spiro atoms. The average molecular weight is 614 g/mol. The summed E-state index contributed by atoms with van der Waals surface area (Å²) < 4.78 is 72.9. The van der Waals surface area contributed by atoms with Gasteiger partial charge >= 0.3 is 6.18 Å². The van der Waals surface area contributed by atoms with Crippen LogP contribution in [0.15, 0.2) is 65.6 Å². The molecule has 1 aromatic carbocycles. The molecule has 1 saturated carbocycles. The average Bonchev–Trinajstić information content (AvgIpc) is 3.61. The summed E-state index contributed by atoms with van der Waals surface area (Å²) in [5.41, 5.74) is 0.176. The Kier molecular flexibility index (Phi) is 6.88. The predicted molar refractivity (Wildman–Crippen MR) is 151 cm³/mol. The van der Waals surface area contributed by atoms with Crippen LogP contribution < -0.4 is 0 Å². The number of pyridine rings is 1. The molecule has 14 heteroatoms. The highest BCUT2D eigenvalue weighted by molar-refractivity contribution is 7.98. The highest BCUT2D eigenvalue weighted by Gasteiger charge is 2.51. The fourth-order valence-corrected chi connectivity index (χ4v) is 7.46. The van der Waals surface area contributed by atoms with E-state index in [1.54, 1.807) is 41.4 Å².